The highest BCUT2D eigenvalue weighted by Crippen LogP contribution is 2.26. The van der Waals surface area contributed by atoms with Crippen LogP contribution in [0.2, 0.25) is 0 Å². The molecule has 0 saturated heterocycles. The number of halogens is 2. The van der Waals surface area contributed by atoms with Crippen LogP contribution in [-0.4, -0.2) is 26.2 Å². The number of rotatable bonds is 6. The van der Waals surface area contributed by atoms with Crippen molar-refractivity contribution >= 4 is 21.4 Å². The zero-order chi connectivity index (χ0) is 17.7. The van der Waals surface area contributed by atoms with Crippen LogP contribution < -0.4 is 10.1 Å². The second-order valence-corrected chi connectivity index (χ2v) is 6.75. The van der Waals surface area contributed by atoms with Gasteiger partial charge >= 0.3 is 5.76 Å². The molecule has 1 unspecified atom stereocenters. The Hall–Kier alpha value is -2.48. The molecular formula is C16H15F2NO4S. The van der Waals surface area contributed by atoms with Gasteiger partial charge in [0.15, 0.2) is 6.10 Å². The molecule has 0 aliphatic carbocycles. The number of hydrogen-bond acceptors (Lipinski definition) is 4. The molecule has 5 nitrogen and oxygen atoms in total. The second-order valence-electron chi connectivity index (χ2n) is 4.86. The number of benzene rings is 2. The van der Waals surface area contributed by atoms with E-state index in [4.69, 9.17) is 4.74 Å². The van der Waals surface area contributed by atoms with Gasteiger partial charge in [0.1, 0.15) is 5.75 Å². The number of alkyl halides is 2. The summed E-state index contributed by atoms with van der Waals surface area (Å²) in [6, 6.07) is 13.5. The molecule has 0 aliphatic heterocycles. The van der Waals surface area contributed by atoms with Crippen molar-refractivity contribution in [2.24, 2.45) is 0 Å². The Kier molecular flexibility index (Phi) is 5.50. The summed E-state index contributed by atoms with van der Waals surface area (Å²) in [5.41, 5.74) is -0.216. The summed E-state index contributed by atoms with van der Waals surface area (Å²) in [5, 5.41) is 2.32. The molecule has 0 saturated carbocycles. The van der Waals surface area contributed by atoms with E-state index in [0.29, 0.717) is 5.75 Å². The highest BCUT2D eigenvalue weighted by molar-refractivity contribution is 7.91. The summed E-state index contributed by atoms with van der Waals surface area (Å²) >= 11 is 0. The van der Waals surface area contributed by atoms with Crippen LogP contribution in [0.25, 0.3) is 0 Å². The molecule has 0 aromatic heterocycles. The largest absolute Gasteiger partial charge is 0.481 e. The first-order valence-corrected chi connectivity index (χ1v) is 8.50. The third-order valence-corrected chi connectivity index (χ3v) is 4.55. The van der Waals surface area contributed by atoms with E-state index < -0.39 is 32.5 Å². The lowest BCUT2D eigenvalue weighted by Gasteiger charge is -2.16. The van der Waals surface area contributed by atoms with E-state index in [1.165, 1.54) is 25.1 Å². The number of ether oxygens (including phenoxy) is 1. The topological polar surface area (TPSA) is 72.5 Å². The van der Waals surface area contributed by atoms with Crippen molar-refractivity contribution in [3.05, 3.63) is 54.6 Å². The van der Waals surface area contributed by atoms with Gasteiger partial charge in [-0.2, -0.15) is 8.78 Å². The highest BCUT2D eigenvalue weighted by Gasteiger charge is 2.30. The smallest absolute Gasteiger partial charge is 0.341 e. The maximum Gasteiger partial charge on any atom is 0.341 e. The van der Waals surface area contributed by atoms with Gasteiger partial charge in [-0.15, -0.1) is 0 Å². The monoisotopic (exact) mass is 355 g/mol. The molecule has 1 amide bonds. The molecule has 0 heterocycles. The Morgan fingerprint density at radius 3 is 2.25 bits per heavy atom. The third-order valence-electron chi connectivity index (χ3n) is 3.11. The standard InChI is InChI=1S/C16H15F2NO4S/c1-11(23-12-7-3-2-4-8-12)15(20)19-13-9-5-6-10-14(13)24(21,22)16(17)18/h2-11,16H,1H3,(H,19,20). The van der Waals surface area contributed by atoms with Gasteiger partial charge in [-0.05, 0) is 31.2 Å². The number of amides is 1. The van der Waals surface area contributed by atoms with Crippen LogP contribution >= 0.6 is 0 Å². The van der Waals surface area contributed by atoms with E-state index in [1.807, 2.05) is 0 Å². The number of hydrogen-bond donors (Lipinski definition) is 1. The Balaban J connectivity index is 2.18. The van der Waals surface area contributed by atoms with Crippen LogP contribution in [0.4, 0.5) is 14.5 Å². The maximum absolute atomic E-state index is 12.7. The zero-order valence-corrected chi connectivity index (χ0v) is 13.5. The fourth-order valence-corrected chi connectivity index (χ4v) is 2.79. The predicted molar refractivity (Wildman–Crippen MR) is 84.8 cm³/mol. The van der Waals surface area contributed by atoms with Crippen molar-refractivity contribution in [1.29, 1.82) is 0 Å². The lowest BCUT2D eigenvalue weighted by molar-refractivity contribution is -0.122. The summed E-state index contributed by atoms with van der Waals surface area (Å²) < 4.78 is 54.2. The maximum atomic E-state index is 12.7. The van der Waals surface area contributed by atoms with Crippen molar-refractivity contribution in [2.75, 3.05) is 5.32 Å². The van der Waals surface area contributed by atoms with Crippen LogP contribution in [0.3, 0.4) is 0 Å². The zero-order valence-electron chi connectivity index (χ0n) is 12.6. The number of sulfone groups is 1. The summed E-state index contributed by atoms with van der Waals surface area (Å²) in [6.07, 6.45) is -0.949. The molecule has 1 N–H and O–H groups in total. The van der Waals surface area contributed by atoms with E-state index in [9.17, 15) is 22.0 Å². The minimum atomic E-state index is -4.83. The molecule has 2 rings (SSSR count). The van der Waals surface area contributed by atoms with E-state index in [1.54, 1.807) is 30.3 Å². The van der Waals surface area contributed by atoms with E-state index >= 15 is 0 Å². The van der Waals surface area contributed by atoms with Gasteiger partial charge < -0.3 is 10.1 Å². The van der Waals surface area contributed by atoms with Gasteiger partial charge in [0.05, 0.1) is 10.6 Å². The van der Waals surface area contributed by atoms with Crippen LogP contribution in [0.15, 0.2) is 59.5 Å². The van der Waals surface area contributed by atoms with E-state index in [0.717, 1.165) is 6.07 Å². The van der Waals surface area contributed by atoms with Crippen LogP contribution in [-0.2, 0) is 14.6 Å². The fourth-order valence-electron chi connectivity index (χ4n) is 1.91. The van der Waals surface area contributed by atoms with Crippen molar-refractivity contribution in [3.8, 4) is 5.75 Å². The SMILES string of the molecule is CC(Oc1ccccc1)C(=O)Nc1ccccc1S(=O)(=O)C(F)F. The summed E-state index contributed by atoms with van der Waals surface area (Å²) in [5.74, 6) is -3.78. The Morgan fingerprint density at radius 1 is 1.04 bits per heavy atom. The van der Waals surface area contributed by atoms with Crippen molar-refractivity contribution < 1.29 is 26.7 Å². The van der Waals surface area contributed by atoms with Crippen molar-refractivity contribution in [2.45, 2.75) is 23.7 Å². The van der Waals surface area contributed by atoms with Crippen molar-refractivity contribution in [3.63, 3.8) is 0 Å². The summed E-state index contributed by atoms with van der Waals surface area (Å²) in [4.78, 5) is 11.5. The van der Waals surface area contributed by atoms with Crippen molar-refractivity contribution in [1.82, 2.24) is 0 Å². The van der Waals surface area contributed by atoms with Gasteiger partial charge in [0.25, 0.3) is 5.91 Å². The molecule has 0 fully saturated rings. The molecule has 8 heteroatoms. The first-order chi connectivity index (χ1) is 11.3. The first kappa shape index (κ1) is 17.9. The normalized spacial score (nSPS) is 12.7. The predicted octanol–water partition coefficient (Wildman–Crippen LogP) is 3.09. The molecule has 0 spiro atoms. The molecule has 1 atom stereocenters. The van der Waals surface area contributed by atoms with Gasteiger partial charge in [0, 0.05) is 0 Å². The van der Waals surface area contributed by atoms with Gasteiger partial charge in [-0.25, -0.2) is 8.42 Å². The number of nitrogens with one attached hydrogen (secondary N) is 1. The minimum absolute atomic E-state index is 0.216. The highest BCUT2D eigenvalue weighted by atomic mass is 32.2. The average Bonchev–Trinajstić information content (AvgIpc) is 2.56. The van der Waals surface area contributed by atoms with E-state index in [2.05, 4.69) is 5.32 Å². The number of carbonyl (C=O) groups is 1. The molecule has 128 valence electrons. The molecule has 0 aliphatic rings. The summed E-state index contributed by atoms with van der Waals surface area (Å²) in [7, 11) is -4.83. The third kappa shape index (κ3) is 4.08. The quantitative estimate of drug-likeness (QED) is 0.864. The minimum Gasteiger partial charge on any atom is -0.481 e. The molecule has 2 aromatic rings. The van der Waals surface area contributed by atoms with Crippen LogP contribution in [0.5, 0.6) is 5.75 Å². The fraction of sp³-hybridized carbons (Fsp3) is 0.188. The lowest BCUT2D eigenvalue weighted by Crippen LogP contribution is -2.30. The molecular weight excluding hydrogens is 340 g/mol. The van der Waals surface area contributed by atoms with Crippen LogP contribution in [0, 0.1) is 0 Å². The van der Waals surface area contributed by atoms with Crippen LogP contribution in [0.1, 0.15) is 6.92 Å². The van der Waals surface area contributed by atoms with E-state index in [-0.39, 0.29) is 5.69 Å². The molecule has 0 bridgehead atoms. The summed E-state index contributed by atoms with van der Waals surface area (Å²) in [6.45, 7) is 1.46. The molecule has 2 aromatic carbocycles. The number of carbonyl (C=O) groups excluding carboxylic acids is 1. The Morgan fingerprint density at radius 2 is 1.62 bits per heavy atom. The van der Waals surface area contributed by atoms with Gasteiger partial charge in [-0.1, -0.05) is 30.3 Å². The number of anilines is 1. The van der Waals surface area contributed by atoms with Gasteiger partial charge in [-0.3, -0.25) is 4.79 Å². The first-order valence-electron chi connectivity index (χ1n) is 6.96. The lowest BCUT2D eigenvalue weighted by atomic mass is 10.3. The Labute approximate surface area is 138 Å². The average molecular weight is 355 g/mol. The molecule has 24 heavy (non-hydrogen) atoms. The number of para-hydroxylation sites is 2. The molecule has 0 radical (unpaired) electrons. The van der Waals surface area contributed by atoms with Gasteiger partial charge in [0.2, 0.25) is 9.84 Å². The Bertz CT molecular complexity index is 810. The second kappa shape index (κ2) is 7.39.